The van der Waals surface area contributed by atoms with Crippen LogP contribution in [0, 0.1) is 17.0 Å². The highest BCUT2D eigenvalue weighted by molar-refractivity contribution is 7.18. The lowest BCUT2D eigenvalue weighted by Crippen LogP contribution is -2.38. The van der Waals surface area contributed by atoms with Gasteiger partial charge < -0.3 is 10.0 Å². The second kappa shape index (κ2) is 4.99. The molecule has 1 aliphatic rings. The number of rotatable bonds is 2. The van der Waals surface area contributed by atoms with Crippen molar-refractivity contribution in [2.75, 3.05) is 18.0 Å². The smallest absolute Gasteiger partial charge is 0.294 e. The molecule has 1 saturated heterocycles. The van der Waals surface area contributed by atoms with Crippen LogP contribution >= 0.6 is 11.3 Å². The SMILES string of the molecule is Cc1nc2cc(N3CCC[C@H](O)C3)c([N+](=O)[O-])cc2s1. The molecule has 1 N–H and O–H groups in total. The van der Waals surface area contributed by atoms with Crippen LogP contribution in [0.15, 0.2) is 12.1 Å². The Balaban J connectivity index is 2.11. The van der Waals surface area contributed by atoms with E-state index in [-0.39, 0.29) is 10.6 Å². The second-order valence-corrected chi connectivity index (χ2v) is 6.28. The number of anilines is 1. The average molecular weight is 293 g/mol. The van der Waals surface area contributed by atoms with Crippen LogP contribution in [0.1, 0.15) is 17.8 Å². The zero-order valence-corrected chi connectivity index (χ0v) is 11.9. The summed E-state index contributed by atoms with van der Waals surface area (Å²) in [6, 6.07) is 3.37. The van der Waals surface area contributed by atoms with Gasteiger partial charge in [-0.05, 0) is 25.8 Å². The molecule has 0 radical (unpaired) electrons. The summed E-state index contributed by atoms with van der Waals surface area (Å²) in [7, 11) is 0. The van der Waals surface area contributed by atoms with Gasteiger partial charge in [0.2, 0.25) is 0 Å². The first-order valence-electron chi connectivity index (χ1n) is 6.53. The van der Waals surface area contributed by atoms with Gasteiger partial charge in [0.15, 0.2) is 0 Å². The van der Waals surface area contributed by atoms with Gasteiger partial charge in [0.05, 0.1) is 26.3 Å². The van der Waals surface area contributed by atoms with Crippen LogP contribution in [-0.2, 0) is 0 Å². The topological polar surface area (TPSA) is 79.5 Å². The number of fused-ring (bicyclic) bond motifs is 1. The van der Waals surface area contributed by atoms with Crippen LogP contribution in [0.25, 0.3) is 10.2 Å². The molecule has 0 spiro atoms. The van der Waals surface area contributed by atoms with E-state index in [2.05, 4.69) is 4.98 Å². The molecule has 106 valence electrons. The monoisotopic (exact) mass is 293 g/mol. The van der Waals surface area contributed by atoms with Crippen molar-refractivity contribution in [2.45, 2.75) is 25.9 Å². The molecule has 0 bridgehead atoms. The molecule has 2 heterocycles. The third-order valence-corrected chi connectivity index (χ3v) is 4.46. The molecule has 6 nitrogen and oxygen atoms in total. The molecular weight excluding hydrogens is 278 g/mol. The largest absolute Gasteiger partial charge is 0.391 e. The molecule has 1 fully saturated rings. The number of hydrogen-bond acceptors (Lipinski definition) is 6. The molecule has 1 aliphatic heterocycles. The Labute approximate surface area is 119 Å². The molecule has 2 aromatic rings. The average Bonchev–Trinajstić information content (AvgIpc) is 2.76. The molecule has 3 rings (SSSR count). The molecule has 1 aromatic carbocycles. The van der Waals surface area contributed by atoms with Crippen molar-refractivity contribution in [3.05, 3.63) is 27.3 Å². The molecule has 20 heavy (non-hydrogen) atoms. The van der Waals surface area contributed by atoms with E-state index in [0.717, 1.165) is 34.6 Å². The maximum absolute atomic E-state index is 11.3. The summed E-state index contributed by atoms with van der Waals surface area (Å²) in [4.78, 5) is 17.2. The van der Waals surface area contributed by atoms with Gasteiger partial charge in [-0.2, -0.15) is 0 Å². The van der Waals surface area contributed by atoms with E-state index in [4.69, 9.17) is 0 Å². The minimum Gasteiger partial charge on any atom is -0.391 e. The van der Waals surface area contributed by atoms with Gasteiger partial charge in [-0.3, -0.25) is 10.1 Å². The summed E-state index contributed by atoms with van der Waals surface area (Å²) in [6.07, 6.45) is 1.17. The Bertz CT molecular complexity index is 670. The number of hydrogen-bond donors (Lipinski definition) is 1. The number of β-amino-alcohol motifs (C(OH)–C–C–N with tert-alkyl or cyclic N) is 1. The van der Waals surface area contributed by atoms with E-state index >= 15 is 0 Å². The predicted molar refractivity (Wildman–Crippen MR) is 78.5 cm³/mol. The summed E-state index contributed by atoms with van der Waals surface area (Å²) < 4.78 is 0.829. The summed E-state index contributed by atoms with van der Waals surface area (Å²) in [5.41, 5.74) is 1.44. The molecule has 0 unspecified atom stereocenters. The van der Waals surface area contributed by atoms with Crippen molar-refractivity contribution in [3.63, 3.8) is 0 Å². The number of nitro benzene ring substituents is 1. The fraction of sp³-hybridized carbons (Fsp3) is 0.462. The van der Waals surface area contributed by atoms with Gasteiger partial charge in [-0.15, -0.1) is 11.3 Å². The number of aliphatic hydroxyl groups is 1. The first-order valence-corrected chi connectivity index (χ1v) is 7.35. The highest BCUT2D eigenvalue weighted by Crippen LogP contribution is 2.36. The fourth-order valence-electron chi connectivity index (χ4n) is 2.64. The van der Waals surface area contributed by atoms with E-state index < -0.39 is 6.10 Å². The summed E-state index contributed by atoms with van der Waals surface area (Å²) in [6.45, 7) is 3.06. The number of piperidine rings is 1. The van der Waals surface area contributed by atoms with Gasteiger partial charge in [0.1, 0.15) is 5.69 Å². The summed E-state index contributed by atoms with van der Waals surface area (Å²) in [5, 5.41) is 22.0. The third kappa shape index (κ3) is 2.34. The molecule has 7 heteroatoms. The van der Waals surface area contributed by atoms with Crippen LogP contribution in [0.2, 0.25) is 0 Å². The van der Waals surface area contributed by atoms with Gasteiger partial charge in [0.25, 0.3) is 5.69 Å². The van der Waals surface area contributed by atoms with Gasteiger partial charge in [-0.25, -0.2) is 4.98 Å². The van der Waals surface area contributed by atoms with Crippen LogP contribution < -0.4 is 4.90 Å². The fourth-order valence-corrected chi connectivity index (χ4v) is 3.48. The molecular formula is C13H15N3O3S. The first-order chi connectivity index (χ1) is 9.54. The lowest BCUT2D eigenvalue weighted by molar-refractivity contribution is -0.384. The maximum Gasteiger partial charge on any atom is 0.294 e. The van der Waals surface area contributed by atoms with Crippen LogP contribution in [0.3, 0.4) is 0 Å². The molecule has 0 aliphatic carbocycles. The van der Waals surface area contributed by atoms with E-state index in [9.17, 15) is 15.2 Å². The Hall–Kier alpha value is -1.73. The van der Waals surface area contributed by atoms with Crippen molar-refractivity contribution < 1.29 is 10.0 Å². The normalized spacial score (nSPS) is 19.5. The standard InChI is InChI=1S/C13H15N3O3S/c1-8-14-10-5-11(15-4-2-3-9(17)7-15)12(16(18)19)6-13(10)20-8/h5-6,9,17H,2-4,7H2,1H3/t9-/m0/s1. The Morgan fingerprint density at radius 3 is 3.05 bits per heavy atom. The van der Waals surface area contributed by atoms with Crippen molar-refractivity contribution in [1.82, 2.24) is 4.98 Å². The van der Waals surface area contributed by atoms with Gasteiger partial charge in [-0.1, -0.05) is 0 Å². The summed E-state index contributed by atoms with van der Waals surface area (Å²) in [5.74, 6) is 0. The maximum atomic E-state index is 11.3. The van der Waals surface area contributed by atoms with Crippen molar-refractivity contribution in [1.29, 1.82) is 0 Å². The number of aliphatic hydroxyl groups excluding tert-OH is 1. The predicted octanol–water partition coefficient (Wildman–Crippen LogP) is 2.47. The number of nitro groups is 1. The Morgan fingerprint density at radius 1 is 1.55 bits per heavy atom. The number of benzene rings is 1. The zero-order valence-electron chi connectivity index (χ0n) is 11.1. The van der Waals surface area contributed by atoms with E-state index in [1.807, 2.05) is 11.8 Å². The minimum absolute atomic E-state index is 0.0928. The van der Waals surface area contributed by atoms with E-state index in [1.165, 1.54) is 11.3 Å². The molecule has 0 amide bonds. The minimum atomic E-state index is -0.420. The highest BCUT2D eigenvalue weighted by Gasteiger charge is 2.25. The Kier molecular flexibility index (Phi) is 3.31. The molecule has 1 aromatic heterocycles. The summed E-state index contributed by atoms with van der Waals surface area (Å²) >= 11 is 1.46. The molecule has 0 saturated carbocycles. The van der Waals surface area contributed by atoms with Crippen molar-refractivity contribution in [2.24, 2.45) is 0 Å². The lowest BCUT2D eigenvalue weighted by Gasteiger charge is -2.31. The first kappa shape index (κ1) is 13.3. The van der Waals surface area contributed by atoms with E-state index in [1.54, 1.807) is 12.1 Å². The van der Waals surface area contributed by atoms with Crippen LogP contribution in [0.5, 0.6) is 0 Å². The number of nitrogens with zero attached hydrogens (tertiary/aromatic N) is 3. The quantitative estimate of drug-likeness (QED) is 0.679. The number of thiazole rings is 1. The number of aryl methyl sites for hydroxylation is 1. The van der Waals surface area contributed by atoms with Crippen LogP contribution in [-0.4, -0.2) is 34.2 Å². The number of aromatic nitrogens is 1. The van der Waals surface area contributed by atoms with Crippen LogP contribution in [0.4, 0.5) is 11.4 Å². The van der Waals surface area contributed by atoms with Gasteiger partial charge in [0, 0.05) is 19.2 Å². The third-order valence-electron chi connectivity index (χ3n) is 3.53. The Morgan fingerprint density at radius 2 is 2.35 bits per heavy atom. The lowest BCUT2D eigenvalue weighted by atomic mass is 10.1. The van der Waals surface area contributed by atoms with Crippen molar-refractivity contribution >= 4 is 32.9 Å². The van der Waals surface area contributed by atoms with Gasteiger partial charge >= 0.3 is 0 Å². The molecule has 1 atom stereocenters. The zero-order chi connectivity index (χ0) is 14.3. The van der Waals surface area contributed by atoms with Crippen molar-refractivity contribution in [3.8, 4) is 0 Å². The highest BCUT2D eigenvalue weighted by atomic mass is 32.1. The van der Waals surface area contributed by atoms with E-state index in [0.29, 0.717) is 12.2 Å². The second-order valence-electron chi connectivity index (χ2n) is 5.04.